The molecule has 1 aliphatic rings. The minimum absolute atomic E-state index is 0.469. The molecule has 1 aromatic carbocycles. The number of alkyl halides is 3. The third-order valence-corrected chi connectivity index (χ3v) is 3.61. The molecule has 19 heavy (non-hydrogen) atoms. The van der Waals surface area contributed by atoms with E-state index in [4.69, 9.17) is 0 Å². The van der Waals surface area contributed by atoms with Crippen LogP contribution in [0.15, 0.2) is 24.3 Å². The van der Waals surface area contributed by atoms with Crippen LogP contribution in [0, 0.1) is 0 Å². The molecule has 0 aliphatic carbocycles. The average molecular weight is 272 g/mol. The van der Waals surface area contributed by atoms with Crippen molar-refractivity contribution in [2.45, 2.75) is 32.1 Å². The van der Waals surface area contributed by atoms with Crippen molar-refractivity contribution in [2.75, 3.05) is 19.6 Å². The summed E-state index contributed by atoms with van der Waals surface area (Å²) in [5.74, 6) is 0. The molecular formula is C14H19F3N2. The van der Waals surface area contributed by atoms with Gasteiger partial charge >= 0.3 is 6.18 Å². The van der Waals surface area contributed by atoms with E-state index in [0.29, 0.717) is 6.04 Å². The molecule has 1 saturated heterocycles. The quantitative estimate of drug-likeness (QED) is 0.910. The van der Waals surface area contributed by atoms with Gasteiger partial charge in [0.05, 0.1) is 5.56 Å². The number of hydrogen-bond acceptors (Lipinski definition) is 2. The van der Waals surface area contributed by atoms with Gasteiger partial charge in [-0.15, -0.1) is 0 Å². The molecule has 0 amide bonds. The minimum atomic E-state index is -4.25. The van der Waals surface area contributed by atoms with Crippen molar-refractivity contribution >= 4 is 0 Å². The van der Waals surface area contributed by atoms with Crippen LogP contribution < -0.4 is 5.32 Å². The summed E-state index contributed by atoms with van der Waals surface area (Å²) in [6.07, 6.45) is -3.20. The number of benzene rings is 1. The molecule has 1 fully saturated rings. The van der Waals surface area contributed by atoms with Crippen LogP contribution in [0.3, 0.4) is 0 Å². The number of nitrogens with one attached hydrogen (secondary N) is 1. The second-order valence-corrected chi connectivity index (χ2v) is 4.93. The fourth-order valence-corrected chi connectivity index (χ4v) is 2.45. The summed E-state index contributed by atoms with van der Waals surface area (Å²) in [6, 6.07) is 5.96. The van der Waals surface area contributed by atoms with Crippen LogP contribution in [0.5, 0.6) is 0 Å². The Morgan fingerprint density at radius 2 is 1.95 bits per heavy atom. The van der Waals surface area contributed by atoms with Gasteiger partial charge in [0, 0.05) is 32.2 Å². The number of nitrogens with zero attached hydrogens (tertiary/aromatic N) is 1. The Kier molecular flexibility index (Phi) is 4.47. The number of hydrogen-bond donors (Lipinski definition) is 1. The monoisotopic (exact) mass is 272 g/mol. The zero-order valence-electron chi connectivity index (χ0n) is 11.0. The molecule has 2 nitrogen and oxygen atoms in total. The molecule has 0 radical (unpaired) electrons. The van der Waals surface area contributed by atoms with Gasteiger partial charge in [-0.2, -0.15) is 13.2 Å². The first-order chi connectivity index (χ1) is 9.00. The van der Waals surface area contributed by atoms with Gasteiger partial charge in [-0.05, 0) is 24.1 Å². The van der Waals surface area contributed by atoms with E-state index < -0.39 is 11.7 Å². The third kappa shape index (κ3) is 3.70. The fourth-order valence-electron chi connectivity index (χ4n) is 2.45. The molecule has 1 unspecified atom stereocenters. The van der Waals surface area contributed by atoms with Crippen molar-refractivity contribution in [3.05, 3.63) is 35.4 Å². The van der Waals surface area contributed by atoms with Crippen LogP contribution >= 0.6 is 0 Å². The Balaban J connectivity index is 2.02. The molecule has 0 spiro atoms. The molecule has 0 bridgehead atoms. The van der Waals surface area contributed by atoms with E-state index in [2.05, 4.69) is 17.1 Å². The molecule has 2 rings (SSSR count). The predicted molar refractivity (Wildman–Crippen MR) is 68.8 cm³/mol. The summed E-state index contributed by atoms with van der Waals surface area (Å²) in [7, 11) is 0. The maximum atomic E-state index is 12.5. The molecule has 1 aromatic rings. The van der Waals surface area contributed by atoms with E-state index in [0.717, 1.165) is 38.2 Å². The summed E-state index contributed by atoms with van der Waals surface area (Å²) in [6.45, 7) is 5.70. The van der Waals surface area contributed by atoms with E-state index in [-0.39, 0.29) is 0 Å². The van der Waals surface area contributed by atoms with Crippen molar-refractivity contribution in [2.24, 2.45) is 0 Å². The van der Waals surface area contributed by atoms with Crippen molar-refractivity contribution in [1.82, 2.24) is 10.2 Å². The summed E-state index contributed by atoms with van der Waals surface area (Å²) in [5.41, 5.74) is 0.358. The molecular weight excluding hydrogens is 253 g/mol. The Bertz CT molecular complexity index is 400. The summed E-state index contributed by atoms with van der Waals surface area (Å²) in [5, 5.41) is 3.34. The smallest absolute Gasteiger partial charge is 0.314 e. The van der Waals surface area contributed by atoms with Crippen LogP contribution in [0.1, 0.15) is 24.5 Å². The second kappa shape index (κ2) is 5.92. The number of piperazine rings is 1. The zero-order valence-corrected chi connectivity index (χ0v) is 11.0. The normalized spacial score (nSPS) is 21.6. The average Bonchev–Trinajstić information content (AvgIpc) is 2.39. The molecule has 1 heterocycles. The van der Waals surface area contributed by atoms with Gasteiger partial charge in [0.1, 0.15) is 0 Å². The summed E-state index contributed by atoms with van der Waals surface area (Å²) in [4.78, 5) is 2.33. The molecule has 1 aliphatic heterocycles. The Labute approximate surface area is 111 Å². The Morgan fingerprint density at radius 1 is 1.26 bits per heavy atom. The molecule has 1 N–H and O–H groups in total. The summed E-state index contributed by atoms with van der Waals surface area (Å²) < 4.78 is 37.4. The number of halogens is 3. The maximum Gasteiger partial charge on any atom is 0.416 e. The van der Waals surface area contributed by atoms with Crippen molar-refractivity contribution in [1.29, 1.82) is 0 Å². The van der Waals surface area contributed by atoms with Crippen LogP contribution in [-0.2, 0) is 12.7 Å². The summed E-state index contributed by atoms with van der Waals surface area (Å²) >= 11 is 0. The molecule has 0 aromatic heterocycles. The highest BCUT2D eigenvalue weighted by Crippen LogP contribution is 2.29. The highest BCUT2D eigenvalue weighted by atomic mass is 19.4. The highest BCUT2D eigenvalue weighted by molar-refractivity contribution is 5.24. The standard InChI is InChI=1S/C14H19F3N2/c1-2-13-9-18-7-8-19(13)10-11-3-5-12(6-4-11)14(15,16)17/h3-6,13,18H,2,7-10H2,1H3. The van der Waals surface area contributed by atoms with E-state index in [1.165, 1.54) is 12.1 Å². The highest BCUT2D eigenvalue weighted by Gasteiger charge is 2.30. The molecule has 0 saturated carbocycles. The predicted octanol–water partition coefficient (Wildman–Crippen LogP) is 2.89. The second-order valence-electron chi connectivity index (χ2n) is 4.93. The van der Waals surface area contributed by atoms with Gasteiger partial charge < -0.3 is 5.32 Å². The largest absolute Gasteiger partial charge is 0.416 e. The van der Waals surface area contributed by atoms with Gasteiger partial charge in [-0.1, -0.05) is 19.1 Å². The van der Waals surface area contributed by atoms with E-state index in [1.807, 2.05) is 0 Å². The molecule has 5 heteroatoms. The number of rotatable bonds is 3. The van der Waals surface area contributed by atoms with Gasteiger partial charge in [-0.3, -0.25) is 4.90 Å². The Hall–Kier alpha value is -1.07. The third-order valence-electron chi connectivity index (χ3n) is 3.61. The first-order valence-corrected chi connectivity index (χ1v) is 6.61. The SMILES string of the molecule is CCC1CNCCN1Cc1ccc(C(F)(F)F)cc1. The van der Waals surface area contributed by atoms with E-state index in [1.54, 1.807) is 12.1 Å². The lowest BCUT2D eigenvalue weighted by atomic mass is 10.1. The van der Waals surface area contributed by atoms with E-state index >= 15 is 0 Å². The van der Waals surface area contributed by atoms with Crippen LogP contribution in [0.4, 0.5) is 13.2 Å². The Morgan fingerprint density at radius 3 is 2.53 bits per heavy atom. The van der Waals surface area contributed by atoms with Gasteiger partial charge in [0.25, 0.3) is 0 Å². The zero-order chi connectivity index (χ0) is 13.9. The fraction of sp³-hybridized carbons (Fsp3) is 0.571. The van der Waals surface area contributed by atoms with Gasteiger partial charge in [-0.25, -0.2) is 0 Å². The van der Waals surface area contributed by atoms with Crippen LogP contribution in [0.25, 0.3) is 0 Å². The van der Waals surface area contributed by atoms with Crippen molar-refractivity contribution < 1.29 is 13.2 Å². The lowest BCUT2D eigenvalue weighted by Crippen LogP contribution is -2.50. The lowest BCUT2D eigenvalue weighted by molar-refractivity contribution is -0.137. The minimum Gasteiger partial charge on any atom is -0.314 e. The van der Waals surface area contributed by atoms with Crippen molar-refractivity contribution in [3.63, 3.8) is 0 Å². The maximum absolute atomic E-state index is 12.5. The molecule has 106 valence electrons. The lowest BCUT2D eigenvalue weighted by Gasteiger charge is -2.35. The first kappa shape index (κ1) is 14.3. The van der Waals surface area contributed by atoms with Crippen LogP contribution in [0.2, 0.25) is 0 Å². The van der Waals surface area contributed by atoms with Crippen molar-refractivity contribution in [3.8, 4) is 0 Å². The van der Waals surface area contributed by atoms with Crippen LogP contribution in [-0.4, -0.2) is 30.6 Å². The first-order valence-electron chi connectivity index (χ1n) is 6.61. The van der Waals surface area contributed by atoms with Gasteiger partial charge in [0.15, 0.2) is 0 Å². The van der Waals surface area contributed by atoms with E-state index in [9.17, 15) is 13.2 Å². The molecule has 1 atom stereocenters. The topological polar surface area (TPSA) is 15.3 Å². The van der Waals surface area contributed by atoms with Gasteiger partial charge in [0.2, 0.25) is 0 Å².